The summed E-state index contributed by atoms with van der Waals surface area (Å²) in [5, 5.41) is 3.75. The van der Waals surface area contributed by atoms with E-state index in [1.807, 2.05) is 63.2 Å². The number of nitrogens with zero attached hydrogens (tertiary/aromatic N) is 2. The molecule has 0 unspecified atom stereocenters. The molecule has 0 aliphatic rings. The summed E-state index contributed by atoms with van der Waals surface area (Å²) in [6.07, 6.45) is 1.87. The molecule has 0 aliphatic heterocycles. The number of amides is 2. The smallest absolute Gasteiger partial charge is 0.264 e. The Morgan fingerprint density at radius 1 is 0.870 bits per heavy atom. The van der Waals surface area contributed by atoms with Crippen molar-refractivity contribution in [3.63, 3.8) is 0 Å². The van der Waals surface area contributed by atoms with E-state index in [4.69, 9.17) is 23.2 Å². The second-order valence-corrected chi connectivity index (χ2v) is 13.9. The van der Waals surface area contributed by atoms with Gasteiger partial charge >= 0.3 is 0 Å². The minimum atomic E-state index is -4.19. The maximum absolute atomic E-state index is 14.6. The Balaban J connectivity index is 1.83. The van der Waals surface area contributed by atoms with Crippen LogP contribution in [0.15, 0.2) is 102 Å². The zero-order valence-electron chi connectivity index (χ0n) is 26.2. The fourth-order valence-electron chi connectivity index (χ4n) is 5.21. The molecule has 7 nitrogen and oxygen atoms in total. The fraction of sp³-hybridized carbons (Fsp3) is 0.278. The lowest BCUT2D eigenvalue weighted by atomic mass is 10.0. The molecular weight excluding hydrogens is 641 g/mol. The average molecular weight is 681 g/mol. The molecule has 1 N–H and O–H groups in total. The maximum Gasteiger partial charge on any atom is 0.264 e. The number of aryl methyl sites for hydroxylation is 2. The number of benzene rings is 4. The molecule has 0 radical (unpaired) electrons. The van der Waals surface area contributed by atoms with Crippen LogP contribution in [-0.2, 0) is 32.6 Å². The van der Waals surface area contributed by atoms with Crippen LogP contribution < -0.4 is 9.62 Å². The number of hydrogen-bond donors (Lipinski definition) is 1. The zero-order chi connectivity index (χ0) is 33.3. The fourth-order valence-corrected chi connectivity index (χ4v) is 7.18. The number of nitrogens with one attached hydrogen (secondary N) is 1. The molecule has 46 heavy (non-hydrogen) atoms. The lowest BCUT2D eigenvalue weighted by molar-refractivity contribution is -0.140. The molecule has 0 bridgehead atoms. The molecule has 4 aromatic rings. The number of hydrogen-bond acceptors (Lipinski definition) is 4. The van der Waals surface area contributed by atoms with Crippen molar-refractivity contribution in [3.05, 3.63) is 129 Å². The van der Waals surface area contributed by atoms with Gasteiger partial charge in [-0.3, -0.25) is 13.9 Å². The molecule has 10 heteroatoms. The molecule has 4 rings (SSSR count). The number of halogens is 2. The van der Waals surface area contributed by atoms with E-state index in [1.165, 1.54) is 17.0 Å². The molecule has 1 atom stereocenters. The lowest BCUT2D eigenvalue weighted by Crippen LogP contribution is -2.53. The van der Waals surface area contributed by atoms with Crippen LogP contribution in [0.2, 0.25) is 10.0 Å². The molecule has 0 saturated carbocycles. The summed E-state index contributed by atoms with van der Waals surface area (Å²) in [4.78, 5) is 30.0. The predicted molar refractivity (Wildman–Crippen MR) is 186 cm³/mol. The summed E-state index contributed by atoms with van der Waals surface area (Å²) < 4.78 is 29.5. The Labute approximate surface area is 282 Å². The van der Waals surface area contributed by atoms with Crippen molar-refractivity contribution in [2.75, 3.05) is 17.4 Å². The Kier molecular flexibility index (Phi) is 12.3. The molecule has 242 valence electrons. The van der Waals surface area contributed by atoms with Crippen LogP contribution in [0.25, 0.3) is 0 Å². The van der Waals surface area contributed by atoms with Crippen molar-refractivity contribution in [2.45, 2.75) is 57.5 Å². The number of carbonyl (C=O) groups is 2. The van der Waals surface area contributed by atoms with Crippen LogP contribution in [0.4, 0.5) is 5.69 Å². The number of carbonyl (C=O) groups excluding carboxylic acids is 2. The highest BCUT2D eigenvalue weighted by atomic mass is 35.5. The van der Waals surface area contributed by atoms with Gasteiger partial charge in [-0.15, -0.1) is 0 Å². The normalized spacial score (nSPS) is 11.9. The van der Waals surface area contributed by atoms with Crippen LogP contribution in [-0.4, -0.2) is 44.3 Å². The van der Waals surface area contributed by atoms with Crippen molar-refractivity contribution in [3.8, 4) is 0 Å². The summed E-state index contributed by atoms with van der Waals surface area (Å²) in [5.41, 5.74) is 3.44. The van der Waals surface area contributed by atoms with Gasteiger partial charge in [0.05, 0.1) is 10.6 Å². The molecule has 0 aliphatic carbocycles. The van der Waals surface area contributed by atoms with Crippen LogP contribution in [0, 0.1) is 13.8 Å². The number of rotatable bonds is 14. The number of unbranched alkanes of at least 4 members (excludes halogenated alkanes) is 1. The molecule has 0 spiro atoms. The van der Waals surface area contributed by atoms with Crippen molar-refractivity contribution in [1.82, 2.24) is 10.2 Å². The largest absolute Gasteiger partial charge is 0.354 e. The third-order valence-electron chi connectivity index (χ3n) is 7.69. The highest BCUT2D eigenvalue weighted by molar-refractivity contribution is 7.92. The van der Waals surface area contributed by atoms with Crippen molar-refractivity contribution in [2.24, 2.45) is 0 Å². The van der Waals surface area contributed by atoms with E-state index >= 15 is 0 Å². The Morgan fingerprint density at radius 3 is 2.17 bits per heavy atom. The van der Waals surface area contributed by atoms with E-state index in [-0.39, 0.29) is 23.8 Å². The van der Waals surface area contributed by atoms with Crippen molar-refractivity contribution < 1.29 is 18.0 Å². The van der Waals surface area contributed by atoms with Gasteiger partial charge in [0.1, 0.15) is 12.6 Å². The van der Waals surface area contributed by atoms with E-state index < -0.39 is 28.5 Å². The highest BCUT2D eigenvalue weighted by Crippen LogP contribution is 2.29. The third-order valence-corrected chi connectivity index (χ3v) is 10.0. The predicted octanol–water partition coefficient (Wildman–Crippen LogP) is 7.36. The monoisotopic (exact) mass is 679 g/mol. The SMILES string of the molecule is CCCCNC(=O)[C@H](Cc1ccccc1)N(Cc1ccc(Cl)cc1Cl)C(=O)CN(c1ccc(C)cc1C)S(=O)(=O)c1ccccc1. The molecule has 4 aromatic carbocycles. The van der Waals surface area contributed by atoms with Gasteiger partial charge in [0.15, 0.2) is 0 Å². The summed E-state index contributed by atoms with van der Waals surface area (Å²) in [7, 11) is -4.19. The minimum absolute atomic E-state index is 0.0420. The van der Waals surface area contributed by atoms with E-state index in [0.29, 0.717) is 33.4 Å². The van der Waals surface area contributed by atoms with Crippen LogP contribution in [0.1, 0.15) is 42.0 Å². The standard InChI is InChI=1S/C36H39Cl2N3O4S/c1-4-5-20-39-36(43)34(22-28-12-8-6-9-13-28)40(24-29-17-18-30(37)23-32(29)38)35(42)25-41(33-19-16-26(2)21-27(33)3)46(44,45)31-14-10-7-11-15-31/h6-19,21,23,34H,4-5,20,22,24-25H2,1-3H3,(H,39,43)/t34-/m0/s1. The highest BCUT2D eigenvalue weighted by Gasteiger charge is 2.35. The maximum atomic E-state index is 14.6. The van der Waals surface area contributed by atoms with Gasteiger partial charge in [0.25, 0.3) is 10.0 Å². The van der Waals surface area contributed by atoms with Gasteiger partial charge in [-0.1, -0.05) is 109 Å². The van der Waals surface area contributed by atoms with E-state index in [0.717, 1.165) is 28.3 Å². The second kappa shape index (κ2) is 16.1. The first-order valence-corrected chi connectivity index (χ1v) is 17.4. The average Bonchev–Trinajstić information content (AvgIpc) is 3.03. The molecular formula is C36H39Cl2N3O4S. The number of sulfonamides is 1. The van der Waals surface area contributed by atoms with Gasteiger partial charge < -0.3 is 10.2 Å². The van der Waals surface area contributed by atoms with Gasteiger partial charge in [-0.05, 0) is 67.3 Å². The molecule has 0 fully saturated rings. The van der Waals surface area contributed by atoms with Crippen molar-refractivity contribution >= 4 is 50.7 Å². The Hall–Kier alpha value is -3.85. The lowest BCUT2D eigenvalue weighted by Gasteiger charge is -2.34. The topological polar surface area (TPSA) is 86.8 Å². The molecule has 0 saturated heterocycles. The molecule has 2 amide bonds. The van der Waals surface area contributed by atoms with Gasteiger partial charge in [0, 0.05) is 29.6 Å². The summed E-state index contributed by atoms with van der Waals surface area (Å²) in [6, 6.07) is 26.8. The van der Waals surface area contributed by atoms with Gasteiger partial charge in [-0.25, -0.2) is 8.42 Å². The Morgan fingerprint density at radius 2 is 1.54 bits per heavy atom. The second-order valence-electron chi connectivity index (χ2n) is 11.2. The minimum Gasteiger partial charge on any atom is -0.354 e. The van der Waals surface area contributed by atoms with Crippen LogP contribution in [0.3, 0.4) is 0 Å². The van der Waals surface area contributed by atoms with Crippen LogP contribution in [0.5, 0.6) is 0 Å². The van der Waals surface area contributed by atoms with E-state index in [1.54, 1.807) is 42.5 Å². The summed E-state index contributed by atoms with van der Waals surface area (Å²) in [5.74, 6) is -0.892. The van der Waals surface area contributed by atoms with Gasteiger partial charge in [0.2, 0.25) is 11.8 Å². The summed E-state index contributed by atoms with van der Waals surface area (Å²) in [6.45, 7) is 5.62. The quantitative estimate of drug-likeness (QED) is 0.141. The summed E-state index contributed by atoms with van der Waals surface area (Å²) >= 11 is 12.8. The van der Waals surface area contributed by atoms with E-state index in [9.17, 15) is 18.0 Å². The molecule has 0 heterocycles. The van der Waals surface area contributed by atoms with Gasteiger partial charge in [-0.2, -0.15) is 0 Å². The first-order valence-electron chi connectivity index (χ1n) is 15.2. The first kappa shape index (κ1) is 35.0. The molecule has 0 aromatic heterocycles. The Bertz CT molecular complexity index is 1750. The first-order chi connectivity index (χ1) is 22.0. The van der Waals surface area contributed by atoms with Crippen molar-refractivity contribution in [1.29, 1.82) is 0 Å². The van der Waals surface area contributed by atoms with E-state index in [2.05, 4.69) is 5.32 Å². The number of anilines is 1. The zero-order valence-corrected chi connectivity index (χ0v) is 28.6. The van der Waals surface area contributed by atoms with Crippen LogP contribution >= 0.6 is 23.2 Å². The third kappa shape index (κ3) is 8.90.